The Morgan fingerprint density at radius 2 is 1.70 bits per heavy atom. The summed E-state index contributed by atoms with van der Waals surface area (Å²) in [6.45, 7) is 1.90. The molecule has 0 aliphatic carbocycles. The van der Waals surface area contributed by atoms with E-state index in [0.717, 1.165) is 11.1 Å². The number of carbonyl (C=O) groups excluding carboxylic acids is 2. The Bertz CT molecular complexity index is 831. The fourth-order valence-corrected chi connectivity index (χ4v) is 2.71. The molecule has 0 N–H and O–H groups in total. The van der Waals surface area contributed by atoms with Gasteiger partial charge in [0, 0.05) is 5.52 Å². The van der Waals surface area contributed by atoms with Gasteiger partial charge in [0.25, 0.3) is 0 Å². The van der Waals surface area contributed by atoms with Crippen molar-refractivity contribution < 1.29 is 19.1 Å². The second-order valence-electron chi connectivity index (χ2n) is 4.58. The highest BCUT2D eigenvalue weighted by atomic mass is 16.5. The van der Waals surface area contributed by atoms with Gasteiger partial charge in [-0.15, -0.1) is 0 Å². The molecule has 0 bridgehead atoms. The third-order valence-corrected chi connectivity index (χ3v) is 3.50. The molecule has 3 rings (SSSR count). The Morgan fingerprint density at radius 1 is 1.05 bits per heavy atom. The molecule has 0 fully saturated rings. The van der Waals surface area contributed by atoms with Crippen LogP contribution in [0.3, 0.4) is 0 Å². The molecule has 3 aromatic heterocycles. The number of hydrogen-bond donors (Lipinski definition) is 0. The van der Waals surface area contributed by atoms with Crippen molar-refractivity contribution in [2.45, 2.75) is 6.92 Å². The number of aromatic nitrogens is 1. The molecule has 0 amide bonds. The molecule has 0 saturated heterocycles. The van der Waals surface area contributed by atoms with Crippen LogP contribution in [-0.2, 0) is 9.47 Å². The van der Waals surface area contributed by atoms with Crippen LogP contribution in [0.25, 0.3) is 16.6 Å². The molecule has 5 heteroatoms. The van der Waals surface area contributed by atoms with Gasteiger partial charge in [-0.1, -0.05) is 6.07 Å². The van der Waals surface area contributed by atoms with Crippen molar-refractivity contribution in [3.63, 3.8) is 0 Å². The van der Waals surface area contributed by atoms with Gasteiger partial charge in [0.05, 0.1) is 25.3 Å². The first kappa shape index (κ1) is 12.5. The standard InChI is InChI=1S/C15H13NO4/c1-8-7-9-5-4-6-10-11(14(17)19-2)12(15(18)20-3)13(8)16(9)10/h4-7H,1-3H3. The van der Waals surface area contributed by atoms with Crippen LogP contribution in [0, 0.1) is 6.92 Å². The number of hydrogen-bond acceptors (Lipinski definition) is 4. The lowest BCUT2D eigenvalue weighted by Gasteiger charge is -2.02. The molecule has 0 unspecified atom stereocenters. The van der Waals surface area contributed by atoms with Gasteiger partial charge in [-0.05, 0) is 30.7 Å². The van der Waals surface area contributed by atoms with E-state index in [1.54, 1.807) is 6.07 Å². The summed E-state index contributed by atoms with van der Waals surface area (Å²) < 4.78 is 11.5. The number of esters is 2. The van der Waals surface area contributed by atoms with E-state index < -0.39 is 11.9 Å². The van der Waals surface area contributed by atoms with E-state index in [1.165, 1.54) is 14.2 Å². The highest BCUT2D eigenvalue weighted by Gasteiger charge is 2.29. The number of aryl methyl sites for hydroxylation is 1. The van der Waals surface area contributed by atoms with Gasteiger partial charge in [-0.3, -0.25) is 0 Å². The Labute approximate surface area is 115 Å². The lowest BCUT2D eigenvalue weighted by atomic mass is 10.1. The van der Waals surface area contributed by atoms with E-state index in [4.69, 9.17) is 9.47 Å². The average molecular weight is 271 g/mol. The molecule has 0 radical (unpaired) electrons. The maximum absolute atomic E-state index is 12.1. The Balaban J connectivity index is 2.55. The summed E-state index contributed by atoms with van der Waals surface area (Å²) in [5, 5.41) is 0. The summed E-state index contributed by atoms with van der Waals surface area (Å²) in [7, 11) is 2.60. The molecule has 20 heavy (non-hydrogen) atoms. The van der Waals surface area contributed by atoms with Crippen LogP contribution in [0.15, 0.2) is 24.3 Å². The fraction of sp³-hybridized carbons (Fsp3) is 0.200. The van der Waals surface area contributed by atoms with E-state index in [0.29, 0.717) is 11.0 Å². The minimum Gasteiger partial charge on any atom is -0.465 e. The first-order chi connectivity index (χ1) is 9.60. The van der Waals surface area contributed by atoms with Crippen molar-refractivity contribution in [3.05, 3.63) is 41.0 Å². The molecule has 0 aliphatic heterocycles. The molecule has 3 aromatic rings. The van der Waals surface area contributed by atoms with Crippen molar-refractivity contribution in [3.8, 4) is 0 Å². The highest BCUT2D eigenvalue weighted by molar-refractivity contribution is 6.15. The van der Waals surface area contributed by atoms with Gasteiger partial charge in [-0.25, -0.2) is 9.59 Å². The minimum atomic E-state index is -0.541. The zero-order chi connectivity index (χ0) is 14.4. The van der Waals surface area contributed by atoms with Gasteiger partial charge in [-0.2, -0.15) is 0 Å². The summed E-state index contributed by atoms with van der Waals surface area (Å²) in [5.74, 6) is -1.08. The average Bonchev–Trinajstić information content (AvgIpc) is 2.98. The largest absolute Gasteiger partial charge is 0.465 e. The minimum absolute atomic E-state index is 0.253. The van der Waals surface area contributed by atoms with Crippen LogP contribution in [0.2, 0.25) is 0 Å². The number of ether oxygens (including phenoxy) is 2. The third-order valence-electron chi connectivity index (χ3n) is 3.50. The maximum Gasteiger partial charge on any atom is 0.340 e. The molecule has 0 spiro atoms. The lowest BCUT2D eigenvalue weighted by Crippen LogP contribution is -2.10. The lowest BCUT2D eigenvalue weighted by molar-refractivity contribution is 0.0559. The van der Waals surface area contributed by atoms with Crippen molar-refractivity contribution in [2.24, 2.45) is 0 Å². The smallest absolute Gasteiger partial charge is 0.340 e. The first-order valence-electron chi connectivity index (χ1n) is 6.13. The van der Waals surface area contributed by atoms with E-state index in [-0.39, 0.29) is 11.1 Å². The van der Waals surface area contributed by atoms with Crippen LogP contribution >= 0.6 is 0 Å². The normalized spacial score (nSPS) is 11.2. The number of carbonyl (C=O) groups is 2. The van der Waals surface area contributed by atoms with Crippen LogP contribution in [0.4, 0.5) is 0 Å². The number of methoxy groups -OCH3 is 2. The summed E-state index contributed by atoms with van der Waals surface area (Å²) >= 11 is 0. The second kappa shape index (κ2) is 4.23. The summed E-state index contributed by atoms with van der Waals surface area (Å²) in [5.41, 5.74) is 3.70. The number of pyridine rings is 1. The maximum atomic E-state index is 12.1. The van der Waals surface area contributed by atoms with Gasteiger partial charge >= 0.3 is 11.9 Å². The van der Waals surface area contributed by atoms with Gasteiger partial charge < -0.3 is 13.9 Å². The monoisotopic (exact) mass is 271 g/mol. The van der Waals surface area contributed by atoms with Gasteiger partial charge in [0.15, 0.2) is 0 Å². The zero-order valence-corrected chi connectivity index (χ0v) is 11.4. The van der Waals surface area contributed by atoms with E-state index >= 15 is 0 Å². The summed E-state index contributed by atoms with van der Waals surface area (Å²) in [4.78, 5) is 24.2. The fourth-order valence-electron chi connectivity index (χ4n) is 2.71. The van der Waals surface area contributed by atoms with E-state index in [9.17, 15) is 9.59 Å². The van der Waals surface area contributed by atoms with E-state index in [2.05, 4.69) is 0 Å². The quantitative estimate of drug-likeness (QED) is 0.672. The van der Waals surface area contributed by atoms with Crippen molar-refractivity contribution in [1.29, 1.82) is 0 Å². The Hall–Kier alpha value is -2.56. The molecular formula is C15H13NO4. The van der Waals surface area contributed by atoms with Crippen LogP contribution < -0.4 is 0 Å². The summed E-state index contributed by atoms with van der Waals surface area (Å²) in [6.07, 6.45) is 0. The van der Waals surface area contributed by atoms with Crippen LogP contribution in [0.1, 0.15) is 26.3 Å². The highest BCUT2D eigenvalue weighted by Crippen LogP contribution is 2.32. The zero-order valence-electron chi connectivity index (χ0n) is 11.4. The van der Waals surface area contributed by atoms with Crippen molar-refractivity contribution in [1.82, 2.24) is 4.40 Å². The van der Waals surface area contributed by atoms with Crippen LogP contribution in [0.5, 0.6) is 0 Å². The SMILES string of the molecule is COC(=O)c1c(C(=O)OC)c2c(C)cc3cccc1n32. The number of nitrogens with zero attached hydrogens (tertiary/aromatic N) is 1. The Kier molecular flexibility index (Phi) is 2.64. The topological polar surface area (TPSA) is 57.0 Å². The van der Waals surface area contributed by atoms with Crippen molar-refractivity contribution in [2.75, 3.05) is 14.2 Å². The second-order valence-corrected chi connectivity index (χ2v) is 4.58. The molecule has 102 valence electrons. The van der Waals surface area contributed by atoms with Crippen LogP contribution in [-0.4, -0.2) is 30.6 Å². The Morgan fingerprint density at radius 3 is 2.35 bits per heavy atom. The molecule has 5 nitrogen and oxygen atoms in total. The number of rotatable bonds is 2. The predicted octanol–water partition coefficient (Wildman–Crippen LogP) is 2.41. The predicted molar refractivity (Wildman–Crippen MR) is 73.5 cm³/mol. The molecule has 3 heterocycles. The molecular weight excluding hydrogens is 258 g/mol. The summed E-state index contributed by atoms with van der Waals surface area (Å²) in [6, 6.07) is 7.53. The van der Waals surface area contributed by atoms with E-state index in [1.807, 2.05) is 29.5 Å². The van der Waals surface area contributed by atoms with Gasteiger partial charge in [0.2, 0.25) is 0 Å². The molecule has 0 atom stereocenters. The third kappa shape index (κ3) is 1.43. The van der Waals surface area contributed by atoms with Gasteiger partial charge in [0.1, 0.15) is 11.1 Å². The molecule has 0 aliphatic rings. The first-order valence-corrected chi connectivity index (χ1v) is 6.13. The van der Waals surface area contributed by atoms with Crippen molar-refractivity contribution >= 4 is 28.5 Å². The molecule has 0 aromatic carbocycles. The molecule has 0 saturated carbocycles.